The number of halogens is 1. The number of hydrogen-bond acceptors (Lipinski definition) is 5. The lowest BCUT2D eigenvalue weighted by molar-refractivity contribution is -0.117. The van der Waals surface area contributed by atoms with Crippen molar-refractivity contribution < 1.29 is 9.21 Å². The fraction of sp³-hybridized carbons (Fsp3) is 0.211. The molecule has 5 nitrogen and oxygen atoms in total. The number of amides is 1. The number of aromatic nitrogens is 2. The third kappa shape index (κ3) is 3.34. The Labute approximate surface area is 160 Å². The van der Waals surface area contributed by atoms with E-state index in [0.29, 0.717) is 22.7 Å². The third-order valence-electron chi connectivity index (χ3n) is 4.28. The smallest absolute Gasteiger partial charge is 0.277 e. The highest BCUT2D eigenvalue weighted by molar-refractivity contribution is 8.00. The molecule has 0 bridgehead atoms. The molecule has 2 heterocycles. The summed E-state index contributed by atoms with van der Waals surface area (Å²) in [6.45, 7) is 2.57. The van der Waals surface area contributed by atoms with Crippen LogP contribution in [-0.4, -0.2) is 27.9 Å². The van der Waals surface area contributed by atoms with Gasteiger partial charge in [0, 0.05) is 22.8 Å². The number of thioether (sulfide) groups is 1. The maximum absolute atomic E-state index is 12.8. The molecule has 4 rings (SSSR count). The Balaban J connectivity index is 1.46. The molecule has 0 radical (unpaired) electrons. The fourth-order valence-electron chi connectivity index (χ4n) is 2.95. The number of nitrogens with zero attached hydrogens (tertiary/aromatic N) is 3. The average Bonchev–Trinajstić information content (AvgIpc) is 3.29. The number of fused-ring (bicyclic) bond motifs is 1. The molecule has 2 aromatic carbocycles. The molecule has 1 amide bonds. The summed E-state index contributed by atoms with van der Waals surface area (Å²) in [6, 6.07) is 15.2. The van der Waals surface area contributed by atoms with Gasteiger partial charge in [0.2, 0.25) is 11.8 Å². The Hall–Kier alpha value is -2.31. The highest BCUT2D eigenvalue weighted by atomic mass is 35.5. The molecule has 0 aliphatic carbocycles. The fourth-order valence-corrected chi connectivity index (χ4v) is 3.83. The van der Waals surface area contributed by atoms with Gasteiger partial charge in [0.1, 0.15) is 0 Å². The van der Waals surface area contributed by atoms with Crippen LogP contribution in [0.15, 0.2) is 58.2 Å². The molecule has 3 aromatic rings. The van der Waals surface area contributed by atoms with Gasteiger partial charge in [0.05, 0.1) is 5.25 Å². The predicted octanol–water partition coefficient (Wildman–Crippen LogP) is 4.46. The lowest BCUT2D eigenvalue weighted by atomic mass is 10.2. The van der Waals surface area contributed by atoms with Crippen molar-refractivity contribution in [3.63, 3.8) is 0 Å². The van der Waals surface area contributed by atoms with Gasteiger partial charge in [-0.2, -0.15) is 0 Å². The van der Waals surface area contributed by atoms with Crippen molar-refractivity contribution in [1.82, 2.24) is 10.2 Å². The first-order chi connectivity index (χ1) is 12.6. The number of hydrogen-bond donors (Lipinski definition) is 0. The van der Waals surface area contributed by atoms with Crippen molar-refractivity contribution in [2.24, 2.45) is 0 Å². The molecule has 7 heteroatoms. The van der Waals surface area contributed by atoms with Gasteiger partial charge in [0.25, 0.3) is 5.22 Å². The maximum Gasteiger partial charge on any atom is 0.277 e. The summed E-state index contributed by atoms with van der Waals surface area (Å²) in [4.78, 5) is 14.7. The molecule has 0 N–H and O–H groups in total. The first-order valence-corrected chi connectivity index (χ1v) is 9.53. The lowest BCUT2D eigenvalue weighted by Gasteiger charge is -2.20. The average molecular weight is 386 g/mol. The zero-order valence-electron chi connectivity index (χ0n) is 14.1. The van der Waals surface area contributed by atoms with Crippen LogP contribution < -0.4 is 4.90 Å². The van der Waals surface area contributed by atoms with Crippen LogP contribution in [0.2, 0.25) is 5.02 Å². The largest absolute Gasteiger partial charge is 0.411 e. The highest BCUT2D eigenvalue weighted by Crippen LogP contribution is 2.32. The van der Waals surface area contributed by atoms with Gasteiger partial charge >= 0.3 is 0 Å². The van der Waals surface area contributed by atoms with Crippen LogP contribution >= 0.6 is 23.4 Å². The summed E-state index contributed by atoms with van der Waals surface area (Å²) in [5.41, 5.74) is 3.00. The van der Waals surface area contributed by atoms with Crippen LogP contribution in [0.4, 0.5) is 5.69 Å². The molecular formula is C19H16ClN3O2S. The molecule has 1 aromatic heterocycles. The van der Waals surface area contributed by atoms with Crippen molar-refractivity contribution in [2.45, 2.75) is 23.8 Å². The molecular weight excluding hydrogens is 370 g/mol. The topological polar surface area (TPSA) is 59.2 Å². The summed E-state index contributed by atoms with van der Waals surface area (Å²) in [5.74, 6) is 0.460. The molecule has 1 aliphatic rings. The number of benzene rings is 2. The van der Waals surface area contributed by atoms with E-state index in [4.69, 9.17) is 16.0 Å². The predicted molar refractivity (Wildman–Crippen MR) is 103 cm³/mol. The van der Waals surface area contributed by atoms with E-state index in [1.807, 2.05) is 42.2 Å². The molecule has 132 valence electrons. The van der Waals surface area contributed by atoms with E-state index in [-0.39, 0.29) is 11.2 Å². The van der Waals surface area contributed by atoms with Crippen molar-refractivity contribution >= 4 is 35.0 Å². The van der Waals surface area contributed by atoms with E-state index in [2.05, 4.69) is 16.3 Å². The van der Waals surface area contributed by atoms with Gasteiger partial charge < -0.3 is 9.32 Å². The second-order valence-electron chi connectivity index (χ2n) is 6.01. The van der Waals surface area contributed by atoms with Crippen molar-refractivity contribution in [2.75, 3.05) is 11.4 Å². The molecule has 0 spiro atoms. The van der Waals surface area contributed by atoms with Crippen LogP contribution in [0.5, 0.6) is 0 Å². The van der Waals surface area contributed by atoms with Crippen molar-refractivity contribution in [1.29, 1.82) is 0 Å². The Bertz CT molecular complexity index is 942. The summed E-state index contributed by atoms with van der Waals surface area (Å²) in [6.07, 6.45) is 0.889. The van der Waals surface area contributed by atoms with E-state index in [9.17, 15) is 4.79 Å². The van der Waals surface area contributed by atoms with Gasteiger partial charge in [-0.3, -0.25) is 4.79 Å². The lowest BCUT2D eigenvalue weighted by Crippen LogP contribution is -2.35. The monoisotopic (exact) mass is 385 g/mol. The van der Waals surface area contributed by atoms with Crippen molar-refractivity contribution in [3.8, 4) is 11.5 Å². The number of rotatable bonds is 4. The second kappa shape index (κ2) is 7.13. The zero-order chi connectivity index (χ0) is 18.1. The van der Waals surface area contributed by atoms with Gasteiger partial charge in [-0.05, 0) is 49.2 Å². The normalized spacial score (nSPS) is 14.3. The SMILES string of the molecule is CC(Sc1nnc(-c2ccc(Cl)cc2)o1)C(=O)N1CCc2ccccc21. The maximum atomic E-state index is 12.8. The molecule has 0 saturated heterocycles. The molecule has 26 heavy (non-hydrogen) atoms. The first-order valence-electron chi connectivity index (χ1n) is 8.27. The van der Waals surface area contributed by atoms with Crippen LogP contribution in [0.3, 0.4) is 0 Å². The van der Waals surface area contributed by atoms with Crippen LogP contribution in [0, 0.1) is 0 Å². The molecule has 0 saturated carbocycles. The number of para-hydroxylation sites is 1. The summed E-state index contributed by atoms with van der Waals surface area (Å²) >= 11 is 7.17. The highest BCUT2D eigenvalue weighted by Gasteiger charge is 2.29. The first kappa shape index (κ1) is 17.1. The quantitative estimate of drug-likeness (QED) is 0.620. The van der Waals surface area contributed by atoms with Crippen LogP contribution in [0.25, 0.3) is 11.5 Å². The van der Waals surface area contributed by atoms with Crippen LogP contribution in [0.1, 0.15) is 12.5 Å². The Morgan fingerprint density at radius 3 is 2.77 bits per heavy atom. The number of anilines is 1. The minimum atomic E-state index is -0.320. The summed E-state index contributed by atoms with van der Waals surface area (Å²) in [7, 11) is 0. The molecule has 0 fully saturated rings. The van der Waals surface area contributed by atoms with Crippen molar-refractivity contribution in [3.05, 3.63) is 59.1 Å². The van der Waals surface area contributed by atoms with Crippen LogP contribution in [-0.2, 0) is 11.2 Å². The summed E-state index contributed by atoms with van der Waals surface area (Å²) in [5, 5.41) is 8.81. The Morgan fingerprint density at radius 2 is 1.96 bits per heavy atom. The zero-order valence-corrected chi connectivity index (χ0v) is 15.6. The molecule has 1 atom stereocenters. The molecule has 1 unspecified atom stereocenters. The standard InChI is InChI=1S/C19H16ClN3O2S/c1-12(18(24)23-11-10-13-4-2-3-5-16(13)23)26-19-22-21-17(25-19)14-6-8-15(20)9-7-14/h2-9,12H,10-11H2,1H3. The number of carbonyl (C=O) groups is 1. The Kier molecular flexibility index (Phi) is 4.70. The van der Waals surface area contributed by atoms with E-state index >= 15 is 0 Å². The van der Waals surface area contributed by atoms with Gasteiger partial charge in [-0.1, -0.05) is 41.6 Å². The van der Waals surface area contributed by atoms with E-state index in [1.165, 1.54) is 17.3 Å². The second-order valence-corrected chi connectivity index (χ2v) is 7.74. The Morgan fingerprint density at radius 1 is 1.19 bits per heavy atom. The third-order valence-corrected chi connectivity index (χ3v) is 5.45. The number of carbonyl (C=O) groups excluding carboxylic acids is 1. The minimum Gasteiger partial charge on any atom is -0.411 e. The molecule has 1 aliphatic heterocycles. The summed E-state index contributed by atoms with van der Waals surface area (Å²) < 4.78 is 5.69. The van der Waals surface area contributed by atoms with Gasteiger partial charge in [-0.25, -0.2) is 0 Å². The van der Waals surface area contributed by atoms with Gasteiger partial charge in [-0.15, -0.1) is 10.2 Å². The van der Waals surface area contributed by atoms with E-state index in [1.54, 1.807) is 12.1 Å². The minimum absolute atomic E-state index is 0.0474. The van der Waals surface area contributed by atoms with E-state index < -0.39 is 0 Å². The van der Waals surface area contributed by atoms with Gasteiger partial charge in [0.15, 0.2) is 0 Å². The van der Waals surface area contributed by atoms with E-state index in [0.717, 1.165) is 17.7 Å².